The number of aliphatic imine (C=N–C) groups is 1. The molecule has 3 rings (SSSR count). The molecule has 0 spiro atoms. The molecule has 0 unspecified atom stereocenters. The summed E-state index contributed by atoms with van der Waals surface area (Å²) in [4.78, 5) is 6.14. The van der Waals surface area contributed by atoms with Gasteiger partial charge < -0.3 is 14.4 Å². The van der Waals surface area contributed by atoms with Crippen molar-refractivity contribution in [1.29, 1.82) is 0 Å². The molecule has 0 atom stereocenters. The van der Waals surface area contributed by atoms with E-state index in [0.29, 0.717) is 30.5 Å². The molecule has 0 saturated carbocycles. The van der Waals surface area contributed by atoms with Crippen LogP contribution in [0.25, 0.3) is 0 Å². The van der Waals surface area contributed by atoms with Gasteiger partial charge in [0.15, 0.2) is 0 Å². The fourth-order valence-electron chi connectivity index (χ4n) is 2.90. The van der Waals surface area contributed by atoms with Crippen molar-refractivity contribution in [2.75, 3.05) is 26.8 Å². The highest BCUT2D eigenvalue weighted by atomic mass is 35.5. The van der Waals surface area contributed by atoms with Gasteiger partial charge in [-0.25, -0.2) is 9.38 Å². The normalized spacial score (nSPS) is 15.7. The van der Waals surface area contributed by atoms with Gasteiger partial charge in [0.25, 0.3) is 0 Å². The average molecular weight is 391 g/mol. The second-order valence-electron chi connectivity index (χ2n) is 6.84. The van der Waals surface area contributed by atoms with E-state index >= 15 is 0 Å². The highest BCUT2D eigenvalue weighted by molar-refractivity contribution is 6.30. The number of hydrogen-bond donors (Lipinski definition) is 0. The number of benzene rings is 2. The minimum Gasteiger partial charge on any atom is -0.375 e. The topological polar surface area (TPSA) is 34.1 Å². The summed E-state index contributed by atoms with van der Waals surface area (Å²) in [5.74, 6) is -0.363. The summed E-state index contributed by atoms with van der Waals surface area (Å²) in [6, 6.07) is 10.8. The number of aryl methyl sites for hydroxylation is 1. The molecule has 144 valence electrons. The van der Waals surface area contributed by atoms with Crippen molar-refractivity contribution in [3.8, 4) is 0 Å². The van der Waals surface area contributed by atoms with Gasteiger partial charge in [0.1, 0.15) is 17.1 Å². The van der Waals surface area contributed by atoms with Gasteiger partial charge in [0.2, 0.25) is 0 Å². The first kappa shape index (κ1) is 19.8. The van der Waals surface area contributed by atoms with E-state index in [4.69, 9.17) is 21.1 Å². The molecule has 0 radical (unpaired) electrons. The molecule has 2 aromatic carbocycles. The fraction of sp³-hybridized carbons (Fsp3) is 0.381. The molecular formula is C21H24ClFN2O2. The van der Waals surface area contributed by atoms with Crippen molar-refractivity contribution < 1.29 is 13.9 Å². The van der Waals surface area contributed by atoms with Gasteiger partial charge >= 0.3 is 0 Å². The number of nitrogens with zero attached hydrogens (tertiary/aromatic N) is 2. The Bertz CT molecular complexity index is 820. The first-order valence-corrected chi connectivity index (χ1v) is 9.32. The van der Waals surface area contributed by atoms with Crippen LogP contribution in [0.4, 0.5) is 10.1 Å². The van der Waals surface area contributed by atoms with Gasteiger partial charge in [-0.3, -0.25) is 0 Å². The average Bonchev–Trinajstić information content (AvgIpc) is 2.63. The summed E-state index contributed by atoms with van der Waals surface area (Å²) in [5, 5.41) is 0.684. The van der Waals surface area contributed by atoms with Crippen molar-refractivity contribution in [2.24, 2.45) is 4.99 Å². The summed E-state index contributed by atoms with van der Waals surface area (Å²) < 4.78 is 26.2. The molecule has 1 aliphatic heterocycles. The predicted octanol–water partition coefficient (Wildman–Crippen LogP) is 4.84. The number of halogens is 2. The summed E-state index contributed by atoms with van der Waals surface area (Å²) in [6.45, 7) is 5.98. The first-order chi connectivity index (χ1) is 12.9. The van der Waals surface area contributed by atoms with Crippen LogP contribution in [0.1, 0.15) is 23.6 Å². The molecule has 0 aromatic heterocycles. The molecular weight excluding hydrogens is 367 g/mol. The Hall–Kier alpha value is -1.95. The van der Waals surface area contributed by atoms with Gasteiger partial charge in [-0.15, -0.1) is 0 Å². The largest absolute Gasteiger partial charge is 0.375 e. The number of ether oxygens (including phenoxy) is 2. The SMILES string of the molecule is CCN(C)C=Nc1cc(C)c(C2(OCc3ccc(Cl)cc3)COC2)cc1F. The fourth-order valence-corrected chi connectivity index (χ4v) is 3.03. The van der Waals surface area contributed by atoms with E-state index < -0.39 is 5.60 Å². The third-order valence-corrected chi connectivity index (χ3v) is 5.03. The zero-order valence-corrected chi connectivity index (χ0v) is 16.6. The molecule has 0 bridgehead atoms. The summed E-state index contributed by atoms with van der Waals surface area (Å²) in [5.41, 5.74) is 2.44. The van der Waals surface area contributed by atoms with Crippen molar-refractivity contribution in [3.05, 3.63) is 63.9 Å². The lowest BCUT2D eigenvalue weighted by Crippen LogP contribution is -2.49. The summed E-state index contributed by atoms with van der Waals surface area (Å²) in [7, 11) is 1.90. The van der Waals surface area contributed by atoms with E-state index in [9.17, 15) is 4.39 Å². The van der Waals surface area contributed by atoms with Crippen LogP contribution in [-0.2, 0) is 21.7 Å². The molecule has 27 heavy (non-hydrogen) atoms. The highest BCUT2D eigenvalue weighted by Crippen LogP contribution is 2.38. The Kier molecular flexibility index (Phi) is 6.15. The minimum absolute atomic E-state index is 0.324. The summed E-state index contributed by atoms with van der Waals surface area (Å²) >= 11 is 5.93. The maximum atomic E-state index is 14.6. The highest BCUT2D eigenvalue weighted by Gasteiger charge is 2.43. The van der Waals surface area contributed by atoms with Crippen LogP contribution in [0.15, 0.2) is 41.4 Å². The van der Waals surface area contributed by atoms with E-state index in [1.165, 1.54) is 6.07 Å². The lowest BCUT2D eigenvalue weighted by Gasteiger charge is -2.42. The molecule has 0 amide bonds. The lowest BCUT2D eigenvalue weighted by atomic mass is 9.87. The van der Waals surface area contributed by atoms with Gasteiger partial charge in [-0.05, 0) is 54.8 Å². The number of rotatable bonds is 7. The van der Waals surface area contributed by atoms with Gasteiger partial charge in [0, 0.05) is 18.6 Å². The van der Waals surface area contributed by atoms with E-state index in [1.54, 1.807) is 12.4 Å². The van der Waals surface area contributed by atoms with Gasteiger partial charge in [-0.2, -0.15) is 0 Å². The van der Waals surface area contributed by atoms with Crippen LogP contribution in [0.3, 0.4) is 0 Å². The Labute approximate surface area is 164 Å². The molecule has 1 heterocycles. The van der Waals surface area contributed by atoms with Gasteiger partial charge in [0.05, 0.1) is 26.2 Å². The molecule has 2 aromatic rings. The Balaban J connectivity index is 1.81. The second kappa shape index (κ2) is 8.38. The van der Waals surface area contributed by atoms with Crippen molar-refractivity contribution in [2.45, 2.75) is 26.1 Å². The van der Waals surface area contributed by atoms with E-state index in [1.807, 2.05) is 50.1 Å². The zero-order chi connectivity index (χ0) is 19.4. The third kappa shape index (κ3) is 4.49. The molecule has 1 saturated heterocycles. The molecule has 1 fully saturated rings. The van der Waals surface area contributed by atoms with E-state index in [2.05, 4.69) is 4.99 Å². The Morgan fingerprint density at radius 1 is 1.30 bits per heavy atom. The predicted molar refractivity (Wildman–Crippen MR) is 106 cm³/mol. The zero-order valence-electron chi connectivity index (χ0n) is 15.8. The summed E-state index contributed by atoms with van der Waals surface area (Å²) in [6.07, 6.45) is 1.64. The first-order valence-electron chi connectivity index (χ1n) is 8.95. The molecule has 1 aliphatic rings. The van der Waals surface area contributed by atoms with Crippen LogP contribution >= 0.6 is 11.6 Å². The van der Waals surface area contributed by atoms with Crippen LogP contribution in [0.5, 0.6) is 0 Å². The lowest BCUT2D eigenvalue weighted by molar-refractivity contribution is -0.223. The molecule has 6 heteroatoms. The molecule has 4 nitrogen and oxygen atoms in total. The molecule has 0 aliphatic carbocycles. The maximum Gasteiger partial charge on any atom is 0.149 e. The van der Waals surface area contributed by atoms with E-state index in [0.717, 1.165) is 23.2 Å². The Morgan fingerprint density at radius 3 is 2.59 bits per heavy atom. The quantitative estimate of drug-likeness (QED) is 0.501. The second-order valence-corrected chi connectivity index (χ2v) is 7.28. The van der Waals surface area contributed by atoms with Crippen molar-refractivity contribution >= 4 is 23.6 Å². The van der Waals surface area contributed by atoms with Crippen LogP contribution in [0.2, 0.25) is 5.02 Å². The molecule has 0 N–H and O–H groups in total. The van der Waals surface area contributed by atoms with Crippen LogP contribution < -0.4 is 0 Å². The smallest absolute Gasteiger partial charge is 0.149 e. The van der Waals surface area contributed by atoms with E-state index in [-0.39, 0.29) is 5.82 Å². The maximum absolute atomic E-state index is 14.6. The number of hydrogen-bond acceptors (Lipinski definition) is 3. The van der Waals surface area contributed by atoms with Crippen LogP contribution in [0, 0.1) is 12.7 Å². The van der Waals surface area contributed by atoms with Crippen molar-refractivity contribution in [3.63, 3.8) is 0 Å². The third-order valence-electron chi connectivity index (χ3n) is 4.78. The monoisotopic (exact) mass is 390 g/mol. The van der Waals surface area contributed by atoms with Gasteiger partial charge in [-0.1, -0.05) is 23.7 Å². The van der Waals surface area contributed by atoms with Crippen molar-refractivity contribution in [1.82, 2.24) is 4.90 Å². The van der Waals surface area contributed by atoms with Crippen LogP contribution in [-0.4, -0.2) is 38.0 Å². The minimum atomic E-state index is -0.632. The standard InChI is InChI=1S/C21H24ClFN2O2/c1-4-25(3)14-24-20-9-15(2)18(10-19(20)23)21(12-26-13-21)27-11-16-5-7-17(22)8-6-16/h5-10,14H,4,11-13H2,1-3H3. The Morgan fingerprint density at radius 2 is 2.00 bits per heavy atom.